The van der Waals surface area contributed by atoms with Crippen molar-refractivity contribution in [2.24, 2.45) is 17.8 Å². The fourth-order valence-electron chi connectivity index (χ4n) is 15.1. The van der Waals surface area contributed by atoms with E-state index in [-0.39, 0.29) is 63.7 Å². The van der Waals surface area contributed by atoms with Gasteiger partial charge in [0.15, 0.2) is 23.6 Å². The number of carbonyl (C=O) groups excluding carboxylic acids is 12. The van der Waals surface area contributed by atoms with Gasteiger partial charge in [-0.2, -0.15) is 0 Å². The number of Topliss-reactive ketones (excluding diaryl/α,β-unsaturated/α-hetero) is 3. The Morgan fingerprint density at radius 3 is 1.88 bits per heavy atom. The van der Waals surface area contributed by atoms with Gasteiger partial charge in [-0.15, -0.1) is 11.8 Å². The third-order valence-electron chi connectivity index (χ3n) is 20.7. The Kier molecular flexibility index (Phi) is 31.6. The van der Waals surface area contributed by atoms with Crippen LogP contribution < -0.4 is 16.0 Å². The van der Waals surface area contributed by atoms with Gasteiger partial charge in [0.25, 0.3) is 0 Å². The molecule has 3 aliphatic heterocycles. The highest BCUT2D eigenvalue weighted by molar-refractivity contribution is 8.00. The van der Waals surface area contributed by atoms with Crippen LogP contribution in [0.5, 0.6) is 0 Å². The number of rotatable bonds is 38. The number of fused-ring (bicyclic) bond motifs is 3. The van der Waals surface area contributed by atoms with E-state index in [4.69, 9.17) is 37.9 Å². The highest BCUT2D eigenvalue weighted by Crippen LogP contribution is 2.51. The predicted molar refractivity (Wildman–Crippen MR) is 415 cm³/mol. The lowest BCUT2D eigenvalue weighted by Gasteiger charge is -2.36. The van der Waals surface area contributed by atoms with E-state index in [1.165, 1.54) is 41.7 Å². The van der Waals surface area contributed by atoms with Crippen molar-refractivity contribution in [1.29, 1.82) is 0 Å². The van der Waals surface area contributed by atoms with Crippen molar-refractivity contribution in [2.45, 2.75) is 242 Å². The third-order valence-corrected chi connectivity index (χ3v) is 22.3. The molecule has 5 amide bonds. The van der Waals surface area contributed by atoms with Crippen LogP contribution >= 0.6 is 11.8 Å². The molecule has 4 N–H and O–H groups in total. The van der Waals surface area contributed by atoms with Gasteiger partial charge in [-0.3, -0.25) is 52.8 Å². The lowest BCUT2D eigenvalue weighted by molar-refractivity contribution is -0.220. The number of hydrogen-bond donors (Lipinski definition) is 4. The van der Waals surface area contributed by atoms with Crippen molar-refractivity contribution in [3.05, 3.63) is 156 Å². The molecule has 4 aromatic rings. The van der Waals surface area contributed by atoms with Crippen molar-refractivity contribution in [2.75, 3.05) is 39.2 Å². The van der Waals surface area contributed by atoms with E-state index in [9.17, 15) is 48.3 Å². The Labute approximate surface area is 660 Å². The lowest BCUT2D eigenvalue weighted by Crippen LogP contribution is -2.57. The SMILES string of the molecule is C=CCOC(=O)C[C@H](CC(=O)C(CSC(c1ccccc1)(c1ccccc1)c1ccccc1)NC(=O)CCC(=O)C(NC(=O)CCC(=O)C1CC2(O)c3ccccc3CC2N1C(=O)OC(C)(C)C)C(C)CC)C(=O)N1CC(OC2CCCC(COC)O2)C[C@H]1C(=O)NC(C(=O)OC(C)(C)C)C(C)[C@H](COC(C)=O)OC(C)=O. The molecule has 3 heterocycles. The number of hydrogen-bond acceptors (Lipinski definition) is 22. The molecule has 1 aliphatic carbocycles. The number of aliphatic hydroxyl groups is 1. The van der Waals surface area contributed by atoms with Gasteiger partial charge in [-0.25, -0.2) is 9.59 Å². The van der Waals surface area contributed by atoms with Crippen LogP contribution in [0.4, 0.5) is 4.79 Å². The van der Waals surface area contributed by atoms with Gasteiger partial charge in [-0.1, -0.05) is 155 Å². The summed E-state index contributed by atoms with van der Waals surface area (Å²) < 4.78 is 45.1. The molecule has 26 nitrogen and oxygen atoms in total. The Hall–Kier alpha value is -9.15. The summed E-state index contributed by atoms with van der Waals surface area (Å²) in [4.78, 5) is 175. The van der Waals surface area contributed by atoms with E-state index in [1.54, 1.807) is 60.6 Å². The molecule has 27 heteroatoms. The lowest BCUT2D eigenvalue weighted by atomic mass is 9.84. The van der Waals surface area contributed by atoms with Crippen molar-refractivity contribution >= 4 is 82.7 Å². The Morgan fingerprint density at radius 1 is 0.705 bits per heavy atom. The predicted octanol–water partition coefficient (Wildman–Crippen LogP) is 9.43. The molecule has 14 atom stereocenters. The standard InChI is InChI=1S/C85H111N5O21S/c1-14-42-105-74(98)45-57(79(100)89-48-62(109-75-37-27-35-61(108-75)49-104-13)46-65(89)78(99)88-77(80(101)110-82(7,8)9)53(4)70(107-55(6)92)50-106-54(5)91)43-69(95)64(51-112-85(58-29-19-16-20-30-58,59-31-21-17-22-32-59)60-33-23-18-24-34-60)86-72(96)41-39-68(94)76(52(3)15-2)87-73(97)40-38-67(93)66-47-84(103)63-36-26-25-28-56(63)44-71(84)90(66)81(102)111-83(10,11)12/h14,16-26,28-34,36,52-53,57,61-62,64-66,70-71,75-77,103H,1,15,27,35,37-51H2,2-13H3,(H,86,96)(H,87,97)(H,88,99)/t52?,53?,57-,61?,62?,64?,65-,66?,70-,71?,75?,76?,77?,84?/m0/s1. The number of benzene rings is 4. The van der Waals surface area contributed by atoms with Gasteiger partial charge < -0.3 is 63.9 Å². The van der Waals surface area contributed by atoms with Crippen LogP contribution in [0.2, 0.25) is 0 Å². The van der Waals surface area contributed by atoms with Crippen LogP contribution in [0.15, 0.2) is 128 Å². The average molecular weight is 1570 g/mol. The van der Waals surface area contributed by atoms with Gasteiger partial charge in [0.2, 0.25) is 23.6 Å². The molecular weight excluding hydrogens is 1460 g/mol. The molecule has 11 unspecified atom stereocenters. The highest BCUT2D eigenvalue weighted by Gasteiger charge is 2.60. The van der Waals surface area contributed by atoms with Crippen molar-refractivity contribution in [3.8, 4) is 0 Å². The first-order valence-corrected chi connectivity index (χ1v) is 39.6. The van der Waals surface area contributed by atoms with Crippen LogP contribution in [0.1, 0.15) is 181 Å². The van der Waals surface area contributed by atoms with Crippen LogP contribution in [0, 0.1) is 17.8 Å². The van der Waals surface area contributed by atoms with E-state index < -0.39 is 197 Å². The summed E-state index contributed by atoms with van der Waals surface area (Å²) in [5, 5.41) is 20.7. The first-order chi connectivity index (χ1) is 53.1. The second kappa shape index (κ2) is 40.0. The smallest absolute Gasteiger partial charge is 0.411 e. The molecular formula is C85H111N5O21S. The number of amides is 5. The van der Waals surface area contributed by atoms with Gasteiger partial charge >= 0.3 is 30.0 Å². The molecule has 8 rings (SSSR count). The van der Waals surface area contributed by atoms with E-state index in [0.29, 0.717) is 31.2 Å². The third kappa shape index (κ3) is 23.5. The molecule has 608 valence electrons. The molecule has 3 fully saturated rings. The van der Waals surface area contributed by atoms with Gasteiger partial charge in [-0.05, 0) is 101 Å². The first-order valence-electron chi connectivity index (χ1n) is 38.6. The summed E-state index contributed by atoms with van der Waals surface area (Å²) in [7, 11) is 1.54. The topological polar surface area (TPSA) is 341 Å². The molecule has 3 saturated heterocycles. The summed E-state index contributed by atoms with van der Waals surface area (Å²) >= 11 is 1.31. The minimum absolute atomic E-state index is 0.122. The van der Waals surface area contributed by atoms with Crippen LogP contribution in [-0.2, 0) is 107 Å². The fourth-order valence-corrected chi connectivity index (χ4v) is 16.7. The largest absolute Gasteiger partial charge is 0.462 e. The normalized spacial score (nSPS) is 21.3. The zero-order valence-corrected chi connectivity index (χ0v) is 67.2. The maximum atomic E-state index is 16.0. The minimum atomic E-state index is -1.62. The van der Waals surface area contributed by atoms with Crippen LogP contribution in [0.3, 0.4) is 0 Å². The summed E-state index contributed by atoms with van der Waals surface area (Å²) in [6.45, 7) is 20.0. The van der Waals surface area contributed by atoms with E-state index in [1.807, 2.05) is 110 Å². The Morgan fingerprint density at radius 2 is 1.30 bits per heavy atom. The minimum Gasteiger partial charge on any atom is -0.462 e. The van der Waals surface area contributed by atoms with Gasteiger partial charge in [0.05, 0.1) is 60.1 Å². The molecule has 0 radical (unpaired) electrons. The zero-order valence-electron chi connectivity index (χ0n) is 66.4. The summed E-state index contributed by atoms with van der Waals surface area (Å²) in [5.74, 6) is -11.8. The van der Waals surface area contributed by atoms with Gasteiger partial charge in [0, 0.05) is 84.1 Å². The fraction of sp³-hybridized carbons (Fsp3) is 0.553. The number of thioether (sulfide) groups is 1. The summed E-state index contributed by atoms with van der Waals surface area (Å²) in [5.41, 5.74) is 0.221. The van der Waals surface area contributed by atoms with Crippen LogP contribution in [0.25, 0.3) is 0 Å². The van der Waals surface area contributed by atoms with E-state index in [2.05, 4.69) is 22.5 Å². The molecule has 0 spiro atoms. The Bertz CT molecular complexity index is 3860. The van der Waals surface area contributed by atoms with E-state index in [0.717, 1.165) is 36.1 Å². The molecule has 0 bridgehead atoms. The monoisotopic (exact) mass is 1570 g/mol. The molecule has 0 aromatic heterocycles. The molecule has 4 aliphatic rings. The number of likely N-dealkylation sites (tertiary alicyclic amines) is 2. The second-order valence-corrected chi connectivity index (χ2v) is 32.7. The number of ether oxygens (including phenoxy) is 8. The number of ketones is 3. The highest BCUT2D eigenvalue weighted by atomic mass is 32.2. The summed E-state index contributed by atoms with van der Waals surface area (Å²) in [6, 6.07) is 28.1. The Balaban J connectivity index is 1.10. The molecule has 112 heavy (non-hydrogen) atoms. The van der Waals surface area contributed by atoms with Crippen molar-refractivity contribution in [3.63, 3.8) is 0 Å². The maximum Gasteiger partial charge on any atom is 0.411 e. The zero-order chi connectivity index (χ0) is 81.8. The second-order valence-electron chi connectivity index (χ2n) is 31.4. The maximum absolute atomic E-state index is 16.0. The number of esters is 4. The number of methoxy groups -OCH3 is 1. The number of nitrogens with one attached hydrogen (secondary N) is 3. The number of carbonyl (C=O) groups is 12. The number of nitrogens with zero attached hydrogens (tertiary/aromatic N) is 2. The first kappa shape index (κ1) is 88.4. The summed E-state index contributed by atoms with van der Waals surface area (Å²) in [6.07, 6.45) is -3.89. The average Bonchev–Trinajstić information content (AvgIpc) is 1.56. The molecule has 4 aromatic carbocycles. The van der Waals surface area contributed by atoms with Crippen LogP contribution in [-0.4, -0.2) is 197 Å². The van der Waals surface area contributed by atoms with E-state index >= 15 is 14.4 Å². The van der Waals surface area contributed by atoms with Gasteiger partial charge in [0.1, 0.15) is 48.2 Å². The van der Waals surface area contributed by atoms with Crippen molar-refractivity contribution < 1.29 is 101 Å². The quantitative estimate of drug-likeness (QED) is 0.0140. The van der Waals surface area contributed by atoms with Crippen molar-refractivity contribution in [1.82, 2.24) is 25.8 Å². The molecule has 0 saturated carbocycles.